The van der Waals surface area contributed by atoms with E-state index in [0.29, 0.717) is 39.3 Å². The second-order valence-corrected chi connectivity index (χ2v) is 11.4. The van der Waals surface area contributed by atoms with Gasteiger partial charge in [0.1, 0.15) is 5.54 Å². The van der Waals surface area contributed by atoms with Crippen LogP contribution in [0.15, 0.2) is 30.3 Å². The fraction of sp³-hybridized carbons (Fsp3) is 0.375. The molecule has 1 spiro atoms. The zero-order valence-corrected chi connectivity index (χ0v) is 21.2. The van der Waals surface area contributed by atoms with E-state index in [1.165, 1.54) is 18.2 Å². The number of halogens is 4. The predicted molar refractivity (Wildman–Crippen MR) is 132 cm³/mol. The number of imide groups is 1. The van der Waals surface area contributed by atoms with Crippen molar-refractivity contribution in [2.75, 3.05) is 16.8 Å². The molecule has 0 saturated carbocycles. The van der Waals surface area contributed by atoms with Crippen LogP contribution in [0.1, 0.15) is 32.3 Å². The number of anilines is 2. The van der Waals surface area contributed by atoms with Gasteiger partial charge in [0.25, 0.3) is 5.91 Å². The number of fused-ring (bicyclic) bond motifs is 7. The summed E-state index contributed by atoms with van der Waals surface area (Å²) in [7, 11) is 0. The van der Waals surface area contributed by atoms with Gasteiger partial charge in [-0.2, -0.15) is 0 Å². The van der Waals surface area contributed by atoms with Crippen LogP contribution >= 0.6 is 46.4 Å². The smallest absolute Gasteiger partial charge is 0.250 e. The zero-order valence-electron chi connectivity index (χ0n) is 18.2. The van der Waals surface area contributed by atoms with Crippen molar-refractivity contribution in [1.29, 1.82) is 0 Å². The molecule has 34 heavy (non-hydrogen) atoms. The minimum Gasteiger partial charge on any atom is -0.322 e. The first kappa shape index (κ1) is 22.6. The Kier molecular flexibility index (Phi) is 4.58. The van der Waals surface area contributed by atoms with Gasteiger partial charge in [-0.1, -0.05) is 46.4 Å². The van der Waals surface area contributed by atoms with E-state index >= 15 is 0 Å². The largest absolute Gasteiger partial charge is 0.322 e. The third-order valence-corrected chi connectivity index (χ3v) is 9.46. The highest BCUT2D eigenvalue weighted by Gasteiger charge is 2.86. The van der Waals surface area contributed by atoms with Crippen molar-refractivity contribution in [3.05, 3.63) is 56.0 Å². The van der Waals surface area contributed by atoms with Crippen LogP contribution in [0.3, 0.4) is 0 Å². The van der Waals surface area contributed by atoms with Gasteiger partial charge in [-0.05, 0) is 63.6 Å². The minimum absolute atomic E-state index is 0.284. The Hall–Kier alpha value is -1.83. The lowest BCUT2D eigenvalue weighted by Crippen LogP contribution is -2.59. The third kappa shape index (κ3) is 2.28. The molecule has 10 heteroatoms. The van der Waals surface area contributed by atoms with Crippen LogP contribution in [0, 0.1) is 10.8 Å². The van der Waals surface area contributed by atoms with Crippen molar-refractivity contribution < 1.29 is 14.4 Å². The van der Waals surface area contributed by atoms with Gasteiger partial charge in [0, 0.05) is 26.7 Å². The molecule has 0 bridgehead atoms. The maximum Gasteiger partial charge on any atom is 0.250 e. The quantitative estimate of drug-likeness (QED) is 0.486. The van der Waals surface area contributed by atoms with Gasteiger partial charge in [-0.25, -0.2) is 4.90 Å². The molecule has 4 unspecified atom stereocenters. The van der Waals surface area contributed by atoms with Crippen molar-refractivity contribution in [1.82, 2.24) is 4.90 Å². The van der Waals surface area contributed by atoms with Crippen molar-refractivity contribution in [3.63, 3.8) is 0 Å². The van der Waals surface area contributed by atoms with Crippen LogP contribution in [0.25, 0.3) is 0 Å². The highest BCUT2D eigenvalue weighted by molar-refractivity contribution is 6.39. The Bertz CT molecular complexity index is 1330. The molecule has 4 atom stereocenters. The summed E-state index contributed by atoms with van der Waals surface area (Å²) in [5, 5.41) is 4.15. The predicted octanol–water partition coefficient (Wildman–Crippen LogP) is 5.51. The van der Waals surface area contributed by atoms with Gasteiger partial charge in [-0.15, -0.1) is 0 Å². The number of carbonyl (C=O) groups is 3. The van der Waals surface area contributed by atoms with Gasteiger partial charge in [0.15, 0.2) is 0 Å². The summed E-state index contributed by atoms with van der Waals surface area (Å²) in [6, 6.07) is 7.51. The van der Waals surface area contributed by atoms with E-state index in [-0.39, 0.29) is 28.6 Å². The summed E-state index contributed by atoms with van der Waals surface area (Å²) >= 11 is 25.3. The number of amides is 3. The van der Waals surface area contributed by atoms with Crippen molar-refractivity contribution in [2.45, 2.75) is 38.3 Å². The monoisotopic (exact) mass is 537 g/mol. The molecule has 3 amide bonds. The molecule has 176 valence electrons. The molecule has 0 radical (unpaired) electrons. The topological polar surface area (TPSA) is 69.7 Å². The van der Waals surface area contributed by atoms with E-state index in [0.717, 1.165) is 11.3 Å². The van der Waals surface area contributed by atoms with Crippen molar-refractivity contribution in [3.8, 4) is 0 Å². The third-order valence-electron chi connectivity index (χ3n) is 8.51. The van der Waals surface area contributed by atoms with E-state index in [2.05, 4.69) is 5.32 Å². The zero-order chi connectivity index (χ0) is 24.4. The summed E-state index contributed by atoms with van der Waals surface area (Å²) < 4.78 is 0. The summed E-state index contributed by atoms with van der Waals surface area (Å²) in [6.07, 6.45) is 1.47. The normalized spacial score (nSPS) is 34.1. The maximum atomic E-state index is 14.4. The molecule has 0 aliphatic carbocycles. The van der Waals surface area contributed by atoms with Crippen LogP contribution in [0.4, 0.5) is 11.4 Å². The first-order chi connectivity index (χ1) is 16.0. The number of nitrogens with zero attached hydrogens (tertiary/aromatic N) is 2. The number of hydrogen-bond donors (Lipinski definition) is 1. The standard InChI is InChI=1S/C24H19Cl4N3O3/c1-22-17-4-3-5-30(17)24(15-9-13(27)10-16(28)18(15)29-19(24)32)23(22,2)21(34)31(20(22)33)14-7-11(25)6-12(26)8-14/h6-10,17H,3-5H2,1-2H3,(H,29,32). The van der Waals surface area contributed by atoms with Gasteiger partial charge < -0.3 is 5.32 Å². The van der Waals surface area contributed by atoms with Crippen LogP contribution < -0.4 is 10.2 Å². The molecule has 4 aliphatic rings. The molecular weight excluding hydrogens is 520 g/mol. The summed E-state index contributed by atoms with van der Waals surface area (Å²) in [5.74, 6) is -1.23. The van der Waals surface area contributed by atoms with Crippen LogP contribution in [0.5, 0.6) is 0 Å². The Morgan fingerprint density at radius 2 is 1.56 bits per heavy atom. The molecule has 4 heterocycles. The molecule has 2 aromatic rings. The average molecular weight is 539 g/mol. The average Bonchev–Trinajstić information content (AvgIpc) is 3.42. The van der Waals surface area contributed by atoms with Crippen LogP contribution in [0.2, 0.25) is 20.1 Å². The molecule has 6 nitrogen and oxygen atoms in total. The fourth-order valence-corrected chi connectivity index (χ4v) is 8.10. The van der Waals surface area contributed by atoms with E-state index < -0.39 is 22.3 Å². The lowest BCUT2D eigenvalue weighted by Gasteiger charge is -2.43. The highest BCUT2D eigenvalue weighted by atomic mass is 35.5. The van der Waals surface area contributed by atoms with Gasteiger partial charge >= 0.3 is 0 Å². The molecule has 2 aromatic carbocycles. The Morgan fingerprint density at radius 1 is 0.912 bits per heavy atom. The maximum absolute atomic E-state index is 14.4. The van der Waals surface area contributed by atoms with Gasteiger partial charge in [-0.3, -0.25) is 19.3 Å². The van der Waals surface area contributed by atoms with E-state index in [4.69, 9.17) is 46.4 Å². The summed E-state index contributed by atoms with van der Waals surface area (Å²) in [5.41, 5.74) is -2.84. The fourth-order valence-electron chi connectivity index (χ4n) is 7.04. The Morgan fingerprint density at radius 3 is 2.24 bits per heavy atom. The van der Waals surface area contributed by atoms with E-state index in [9.17, 15) is 14.4 Å². The number of hydrogen-bond acceptors (Lipinski definition) is 4. The molecule has 3 saturated heterocycles. The summed E-state index contributed by atoms with van der Waals surface area (Å²) in [4.78, 5) is 45.8. The number of carbonyl (C=O) groups excluding carboxylic acids is 3. The number of nitrogens with one attached hydrogen (secondary N) is 1. The van der Waals surface area contributed by atoms with Gasteiger partial charge in [0.2, 0.25) is 11.8 Å². The second-order valence-electron chi connectivity index (χ2n) is 9.73. The second kappa shape index (κ2) is 6.89. The molecule has 6 rings (SSSR count). The first-order valence-corrected chi connectivity index (χ1v) is 12.4. The molecule has 3 fully saturated rings. The number of benzene rings is 2. The molecular formula is C24H19Cl4N3O3. The van der Waals surface area contributed by atoms with E-state index in [1.54, 1.807) is 26.0 Å². The van der Waals surface area contributed by atoms with Crippen molar-refractivity contribution in [2.24, 2.45) is 10.8 Å². The van der Waals surface area contributed by atoms with Crippen LogP contribution in [-0.4, -0.2) is 35.2 Å². The molecule has 0 aromatic heterocycles. The molecule has 1 N–H and O–H groups in total. The Balaban J connectivity index is 1.67. The van der Waals surface area contributed by atoms with Crippen molar-refractivity contribution >= 4 is 75.5 Å². The molecule has 4 aliphatic heterocycles. The van der Waals surface area contributed by atoms with Gasteiger partial charge in [0.05, 0.1) is 27.2 Å². The lowest BCUT2D eigenvalue weighted by molar-refractivity contribution is -0.144. The lowest BCUT2D eigenvalue weighted by atomic mass is 9.56. The summed E-state index contributed by atoms with van der Waals surface area (Å²) in [6.45, 7) is 4.09. The van der Waals surface area contributed by atoms with Crippen LogP contribution in [-0.2, 0) is 19.9 Å². The Labute approximate surface area is 216 Å². The first-order valence-electron chi connectivity index (χ1n) is 10.9. The van der Waals surface area contributed by atoms with E-state index in [1.807, 2.05) is 4.90 Å². The minimum atomic E-state index is -1.45. The SMILES string of the molecule is CC12C(=O)N(c3cc(Cl)cc(Cl)c3)C(=O)C1(C)C1(C(=O)Nc3c(Cl)cc(Cl)cc31)N1CCCC12. The number of rotatable bonds is 1. The highest BCUT2D eigenvalue weighted by Crippen LogP contribution is 2.72.